The average molecular weight is 256 g/mol. The summed E-state index contributed by atoms with van der Waals surface area (Å²) in [6, 6.07) is 0. The molecule has 1 nitrogen and oxygen atoms in total. The molecule has 0 spiro atoms. The lowest BCUT2D eigenvalue weighted by molar-refractivity contribution is 0.142. The van der Waals surface area contributed by atoms with Crippen molar-refractivity contribution in [2.24, 2.45) is 10.8 Å². The summed E-state index contributed by atoms with van der Waals surface area (Å²) in [5.74, 6) is 0. The molecular weight excluding hydrogens is 220 g/mol. The van der Waals surface area contributed by atoms with E-state index in [2.05, 4.69) is 41.5 Å². The Morgan fingerprint density at radius 1 is 0.667 bits per heavy atom. The van der Waals surface area contributed by atoms with E-state index in [1.807, 2.05) is 0 Å². The molecule has 0 rings (SSSR count). The summed E-state index contributed by atoms with van der Waals surface area (Å²) in [4.78, 5) is 0. The summed E-state index contributed by atoms with van der Waals surface area (Å²) in [6.45, 7) is 13.7. The van der Waals surface area contributed by atoms with Gasteiger partial charge >= 0.3 is 0 Å². The maximum atomic E-state index is 9.91. The van der Waals surface area contributed by atoms with Gasteiger partial charge in [0.1, 0.15) is 0 Å². The second-order valence-electron chi connectivity index (χ2n) is 8.27. The lowest BCUT2D eigenvalue weighted by Gasteiger charge is -2.19. The molecule has 0 amide bonds. The number of rotatable bonds is 8. The third-order valence-electron chi connectivity index (χ3n) is 3.43. The number of hydrogen-bond donors (Lipinski definition) is 1. The van der Waals surface area contributed by atoms with Gasteiger partial charge in [-0.25, -0.2) is 0 Å². The van der Waals surface area contributed by atoms with Gasteiger partial charge in [0.15, 0.2) is 0 Å². The van der Waals surface area contributed by atoms with E-state index in [-0.39, 0.29) is 6.10 Å². The highest BCUT2D eigenvalue weighted by molar-refractivity contribution is 4.65. The quantitative estimate of drug-likeness (QED) is 0.564. The van der Waals surface area contributed by atoms with Gasteiger partial charge in [0, 0.05) is 0 Å². The van der Waals surface area contributed by atoms with E-state index in [1.165, 1.54) is 32.1 Å². The first-order valence-electron chi connectivity index (χ1n) is 7.78. The zero-order chi connectivity index (χ0) is 14.2. The van der Waals surface area contributed by atoms with Gasteiger partial charge in [0.05, 0.1) is 6.10 Å². The minimum absolute atomic E-state index is 0.0676. The van der Waals surface area contributed by atoms with Crippen LogP contribution in [0.5, 0.6) is 0 Å². The van der Waals surface area contributed by atoms with Crippen LogP contribution in [0.1, 0.15) is 92.9 Å². The first-order chi connectivity index (χ1) is 8.10. The molecule has 18 heavy (non-hydrogen) atoms. The molecule has 0 aromatic rings. The second-order valence-corrected chi connectivity index (χ2v) is 8.27. The molecule has 0 fully saturated rings. The predicted octanol–water partition coefficient (Wildman–Crippen LogP) is 5.56. The normalized spacial score (nSPS) is 14.8. The van der Waals surface area contributed by atoms with Gasteiger partial charge in [-0.2, -0.15) is 0 Å². The van der Waals surface area contributed by atoms with Gasteiger partial charge < -0.3 is 5.11 Å². The van der Waals surface area contributed by atoms with Crippen molar-refractivity contribution in [1.29, 1.82) is 0 Å². The lowest BCUT2D eigenvalue weighted by Crippen LogP contribution is -2.10. The predicted molar refractivity (Wildman–Crippen MR) is 81.9 cm³/mol. The van der Waals surface area contributed by atoms with Crippen LogP contribution in [0.3, 0.4) is 0 Å². The van der Waals surface area contributed by atoms with Crippen LogP contribution in [-0.4, -0.2) is 11.2 Å². The number of hydrogen-bond acceptors (Lipinski definition) is 1. The van der Waals surface area contributed by atoms with Gasteiger partial charge in [-0.15, -0.1) is 0 Å². The molecule has 0 aliphatic rings. The molecule has 1 N–H and O–H groups in total. The van der Waals surface area contributed by atoms with Gasteiger partial charge in [0.25, 0.3) is 0 Å². The van der Waals surface area contributed by atoms with Crippen LogP contribution in [-0.2, 0) is 0 Å². The Morgan fingerprint density at radius 2 is 1.11 bits per heavy atom. The molecule has 0 aliphatic carbocycles. The lowest BCUT2D eigenvalue weighted by atomic mass is 9.88. The van der Waals surface area contributed by atoms with Gasteiger partial charge in [-0.3, -0.25) is 0 Å². The molecule has 0 saturated carbocycles. The largest absolute Gasteiger partial charge is 0.393 e. The number of aliphatic hydroxyl groups excluding tert-OH is 1. The maximum Gasteiger partial charge on any atom is 0.0540 e. The van der Waals surface area contributed by atoms with Crippen molar-refractivity contribution in [1.82, 2.24) is 0 Å². The van der Waals surface area contributed by atoms with Crippen LogP contribution in [0, 0.1) is 10.8 Å². The Labute approximate surface area is 115 Å². The molecule has 0 aliphatic heterocycles. The van der Waals surface area contributed by atoms with Crippen LogP contribution < -0.4 is 0 Å². The highest BCUT2D eigenvalue weighted by atomic mass is 16.3. The van der Waals surface area contributed by atoms with Crippen molar-refractivity contribution >= 4 is 0 Å². The molecule has 0 unspecified atom stereocenters. The van der Waals surface area contributed by atoms with Crippen LogP contribution in [0.15, 0.2) is 0 Å². The molecule has 0 bridgehead atoms. The molecule has 1 heteroatoms. The third-order valence-corrected chi connectivity index (χ3v) is 3.43. The minimum Gasteiger partial charge on any atom is -0.393 e. The number of unbranched alkanes of at least 4 members (excludes halogenated alkanes) is 2. The van der Waals surface area contributed by atoms with Gasteiger partial charge in [0.2, 0.25) is 0 Å². The SMILES string of the molecule is CC(C)(C)CCCCC[C@H](O)CCCC(C)(C)C. The van der Waals surface area contributed by atoms with Crippen molar-refractivity contribution in [3.8, 4) is 0 Å². The topological polar surface area (TPSA) is 20.2 Å². The van der Waals surface area contributed by atoms with E-state index in [9.17, 15) is 5.11 Å². The summed E-state index contributed by atoms with van der Waals surface area (Å²) in [5, 5.41) is 9.91. The second kappa shape index (κ2) is 8.19. The van der Waals surface area contributed by atoms with E-state index in [4.69, 9.17) is 0 Å². The van der Waals surface area contributed by atoms with E-state index < -0.39 is 0 Å². The van der Waals surface area contributed by atoms with Gasteiger partial charge in [-0.1, -0.05) is 67.2 Å². The Kier molecular flexibility index (Phi) is 8.18. The Hall–Kier alpha value is -0.0400. The molecule has 0 saturated heterocycles. The summed E-state index contributed by atoms with van der Waals surface area (Å²) in [6.07, 6.45) is 9.35. The minimum atomic E-state index is -0.0676. The summed E-state index contributed by atoms with van der Waals surface area (Å²) in [7, 11) is 0. The van der Waals surface area contributed by atoms with Gasteiger partial charge in [-0.05, 0) is 36.5 Å². The monoisotopic (exact) mass is 256 g/mol. The zero-order valence-electron chi connectivity index (χ0n) is 13.7. The van der Waals surface area contributed by atoms with Crippen LogP contribution >= 0.6 is 0 Å². The highest BCUT2D eigenvalue weighted by Gasteiger charge is 2.12. The molecule has 0 radical (unpaired) electrons. The van der Waals surface area contributed by atoms with Crippen molar-refractivity contribution in [2.75, 3.05) is 0 Å². The fourth-order valence-corrected chi connectivity index (χ4v) is 2.22. The van der Waals surface area contributed by atoms with Crippen LogP contribution in [0.25, 0.3) is 0 Å². The fourth-order valence-electron chi connectivity index (χ4n) is 2.22. The summed E-state index contributed by atoms with van der Waals surface area (Å²) >= 11 is 0. The van der Waals surface area contributed by atoms with E-state index in [0.29, 0.717) is 10.8 Å². The van der Waals surface area contributed by atoms with E-state index >= 15 is 0 Å². The maximum absolute atomic E-state index is 9.91. The van der Waals surface area contributed by atoms with E-state index in [1.54, 1.807) is 0 Å². The molecular formula is C17H36O. The first-order valence-corrected chi connectivity index (χ1v) is 7.78. The summed E-state index contributed by atoms with van der Waals surface area (Å²) < 4.78 is 0. The fraction of sp³-hybridized carbons (Fsp3) is 1.00. The molecule has 0 aromatic heterocycles. The molecule has 0 aromatic carbocycles. The molecule has 1 atom stereocenters. The third kappa shape index (κ3) is 14.0. The van der Waals surface area contributed by atoms with Crippen LogP contribution in [0.4, 0.5) is 0 Å². The molecule has 0 heterocycles. The highest BCUT2D eigenvalue weighted by Crippen LogP contribution is 2.24. The average Bonchev–Trinajstić information content (AvgIpc) is 2.13. The Morgan fingerprint density at radius 3 is 1.61 bits per heavy atom. The molecule has 110 valence electrons. The van der Waals surface area contributed by atoms with E-state index in [0.717, 1.165) is 19.3 Å². The van der Waals surface area contributed by atoms with Crippen molar-refractivity contribution in [3.05, 3.63) is 0 Å². The summed E-state index contributed by atoms with van der Waals surface area (Å²) in [5.41, 5.74) is 0.873. The Bertz CT molecular complexity index is 195. The standard InChI is InChI=1S/C17H36O/c1-16(2,3)13-9-7-8-11-15(18)12-10-14-17(4,5)6/h15,18H,7-14H2,1-6H3/t15-/m0/s1. The van der Waals surface area contributed by atoms with Crippen molar-refractivity contribution in [2.45, 2.75) is 99.0 Å². The first kappa shape index (κ1) is 18.0. The number of aliphatic hydroxyl groups is 1. The Balaban J connectivity index is 3.40. The zero-order valence-corrected chi connectivity index (χ0v) is 13.7. The smallest absolute Gasteiger partial charge is 0.0540 e. The van der Waals surface area contributed by atoms with Crippen molar-refractivity contribution in [3.63, 3.8) is 0 Å². The van der Waals surface area contributed by atoms with Crippen molar-refractivity contribution < 1.29 is 5.11 Å². The van der Waals surface area contributed by atoms with Crippen LogP contribution in [0.2, 0.25) is 0 Å².